The van der Waals surface area contributed by atoms with Crippen LogP contribution in [0.1, 0.15) is 5.56 Å². The van der Waals surface area contributed by atoms with Gasteiger partial charge in [-0.3, -0.25) is 5.41 Å². The fraction of sp³-hybridized carbons (Fsp3) is 0.0769. The quantitative estimate of drug-likeness (QED) is 0.838. The molecule has 0 bridgehead atoms. The van der Waals surface area contributed by atoms with E-state index in [1.807, 2.05) is 42.7 Å². The molecule has 0 radical (unpaired) electrons. The number of hydrogen-bond donors (Lipinski definition) is 1. The third kappa shape index (κ3) is 2.41. The first-order valence-electron chi connectivity index (χ1n) is 4.98. The minimum atomic E-state index is 0.332. The van der Waals surface area contributed by atoms with E-state index in [-0.39, 0.29) is 0 Å². The van der Waals surface area contributed by atoms with Gasteiger partial charge in [-0.25, -0.2) is 0 Å². The van der Waals surface area contributed by atoms with E-state index in [1.54, 1.807) is 11.8 Å². The Hall–Kier alpha value is -1.57. The van der Waals surface area contributed by atoms with Crippen LogP contribution >= 0.6 is 23.1 Å². The maximum absolute atomic E-state index is 9.15. The van der Waals surface area contributed by atoms with Crippen molar-refractivity contribution >= 4 is 23.1 Å². The van der Waals surface area contributed by atoms with Crippen molar-refractivity contribution in [2.24, 2.45) is 0 Å². The number of hydrogen-bond acceptors (Lipinski definition) is 4. The van der Waals surface area contributed by atoms with Crippen LogP contribution in [0.25, 0.3) is 11.1 Å². The van der Waals surface area contributed by atoms with Gasteiger partial charge < -0.3 is 0 Å². The molecule has 0 saturated heterocycles. The molecule has 1 aromatic carbocycles. The molecule has 17 heavy (non-hydrogen) atoms. The van der Waals surface area contributed by atoms with Crippen molar-refractivity contribution < 1.29 is 0 Å². The number of benzene rings is 1. The van der Waals surface area contributed by atoms with E-state index in [0.29, 0.717) is 10.2 Å². The molecular weight excluding hydrogens is 248 g/mol. The highest BCUT2D eigenvalue weighted by Gasteiger charge is 2.09. The van der Waals surface area contributed by atoms with Gasteiger partial charge in [0.05, 0.1) is 9.77 Å². The summed E-state index contributed by atoms with van der Waals surface area (Å²) in [6.07, 6.45) is 1.98. The molecule has 84 valence electrons. The fourth-order valence-electron chi connectivity index (χ4n) is 1.55. The summed E-state index contributed by atoms with van der Waals surface area (Å²) in [5, 5.41) is 17.0. The Labute approximate surface area is 108 Å². The lowest BCUT2D eigenvalue weighted by atomic mass is 10.0. The minimum Gasteiger partial charge on any atom is -0.289 e. The lowest BCUT2D eigenvalue weighted by Gasteiger charge is -2.05. The molecule has 2 aromatic rings. The molecule has 0 aliphatic heterocycles. The Morgan fingerprint density at radius 3 is 2.59 bits per heavy atom. The summed E-state index contributed by atoms with van der Waals surface area (Å²) in [5.74, 6) is 0. The Kier molecular flexibility index (Phi) is 3.62. The maximum atomic E-state index is 9.15. The van der Waals surface area contributed by atoms with Gasteiger partial charge in [0.1, 0.15) is 10.7 Å². The van der Waals surface area contributed by atoms with Gasteiger partial charge in [-0.1, -0.05) is 30.3 Å². The van der Waals surface area contributed by atoms with E-state index in [2.05, 4.69) is 6.07 Å². The Bertz CT molecular complexity index is 624. The van der Waals surface area contributed by atoms with Gasteiger partial charge in [0.25, 0.3) is 0 Å². The highest BCUT2D eigenvalue weighted by molar-refractivity contribution is 8.00. The van der Waals surface area contributed by atoms with Gasteiger partial charge >= 0.3 is 0 Å². The number of rotatable bonds is 2. The number of nitrogens with zero attached hydrogens (tertiary/aromatic N) is 1. The molecular formula is C13H10N2S2. The summed E-state index contributed by atoms with van der Waals surface area (Å²) in [6.45, 7) is 0. The second kappa shape index (κ2) is 5.17. The van der Waals surface area contributed by atoms with Crippen LogP contribution in [0.2, 0.25) is 0 Å². The molecule has 1 aromatic heterocycles. The van der Waals surface area contributed by atoms with Crippen molar-refractivity contribution in [2.45, 2.75) is 4.21 Å². The highest BCUT2D eigenvalue weighted by atomic mass is 32.2. The van der Waals surface area contributed by atoms with Crippen molar-refractivity contribution in [1.29, 1.82) is 10.7 Å². The molecule has 0 amide bonds. The standard InChI is InChI=1S/C13H10N2S2/c1-16-12-7-10(9-5-3-2-4-6-9)11(8-14)13(15)17-12/h2-7,15H,1H3. The maximum Gasteiger partial charge on any atom is 0.127 e. The molecule has 0 aliphatic carbocycles. The zero-order valence-electron chi connectivity index (χ0n) is 9.23. The van der Waals surface area contributed by atoms with E-state index in [1.165, 1.54) is 11.3 Å². The Morgan fingerprint density at radius 1 is 1.29 bits per heavy atom. The van der Waals surface area contributed by atoms with E-state index < -0.39 is 0 Å². The lowest BCUT2D eigenvalue weighted by molar-refractivity contribution is 1.30. The minimum absolute atomic E-state index is 0.332. The van der Waals surface area contributed by atoms with Crippen LogP contribution in [0.4, 0.5) is 0 Å². The van der Waals surface area contributed by atoms with Crippen molar-refractivity contribution in [3.63, 3.8) is 0 Å². The third-order valence-corrected chi connectivity index (χ3v) is 4.36. The van der Waals surface area contributed by atoms with Crippen LogP contribution in [0.5, 0.6) is 0 Å². The fourth-order valence-corrected chi connectivity index (χ4v) is 3.01. The van der Waals surface area contributed by atoms with Gasteiger partial charge in [0.2, 0.25) is 0 Å². The molecule has 1 N–H and O–H groups in total. The number of thioether (sulfide) groups is 1. The van der Waals surface area contributed by atoms with E-state index >= 15 is 0 Å². The smallest absolute Gasteiger partial charge is 0.127 e. The SMILES string of the molecule is CSc1cc(-c2ccccc2)c(C#N)c(=N)s1. The average molecular weight is 258 g/mol. The molecule has 0 unspecified atom stereocenters. The molecule has 0 fully saturated rings. The van der Waals surface area contributed by atoms with Gasteiger partial charge in [0.15, 0.2) is 0 Å². The lowest BCUT2D eigenvalue weighted by Crippen LogP contribution is -2.03. The highest BCUT2D eigenvalue weighted by Crippen LogP contribution is 2.27. The Balaban J connectivity index is 2.72. The van der Waals surface area contributed by atoms with Gasteiger partial charge in [0, 0.05) is 5.56 Å². The normalized spacial score (nSPS) is 9.88. The van der Waals surface area contributed by atoms with Crippen LogP contribution in [-0.4, -0.2) is 6.26 Å². The summed E-state index contributed by atoms with van der Waals surface area (Å²) in [4.78, 5) is 0. The van der Waals surface area contributed by atoms with Crippen molar-refractivity contribution in [3.05, 3.63) is 46.6 Å². The topological polar surface area (TPSA) is 47.6 Å². The zero-order valence-corrected chi connectivity index (χ0v) is 10.9. The van der Waals surface area contributed by atoms with Crippen LogP contribution in [0.15, 0.2) is 40.6 Å². The molecule has 1 heterocycles. The first-order valence-corrected chi connectivity index (χ1v) is 7.02. The predicted octanol–water partition coefficient (Wildman–Crippen LogP) is 3.49. The first kappa shape index (κ1) is 11.9. The van der Waals surface area contributed by atoms with E-state index in [0.717, 1.165) is 15.3 Å². The monoisotopic (exact) mass is 258 g/mol. The predicted molar refractivity (Wildman–Crippen MR) is 72.1 cm³/mol. The summed E-state index contributed by atoms with van der Waals surface area (Å²) < 4.78 is 1.38. The molecule has 0 saturated carbocycles. The average Bonchev–Trinajstić information content (AvgIpc) is 2.38. The van der Waals surface area contributed by atoms with Crippen LogP contribution in [0.3, 0.4) is 0 Å². The molecule has 0 spiro atoms. The zero-order chi connectivity index (χ0) is 12.3. The van der Waals surface area contributed by atoms with E-state index in [9.17, 15) is 0 Å². The molecule has 4 heteroatoms. The van der Waals surface area contributed by atoms with Crippen LogP contribution in [-0.2, 0) is 0 Å². The third-order valence-electron chi connectivity index (χ3n) is 2.36. The number of nitrogens with one attached hydrogen (secondary N) is 1. The van der Waals surface area contributed by atoms with Gasteiger partial charge in [-0.2, -0.15) is 5.26 Å². The van der Waals surface area contributed by atoms with Crippen molar-refractivity contribution in [1.82, 2.24) is 0 Å². The Morgan fingerprint density at radius 2 is 2.00 bits per heavy atom. The second-order valence-electron chi connectivity index (χ2n) is 3.37. The second-order valence-corrected chi connectivity index (χ2v) is 5.52. The van der Waals surface area contributed by atoms with Crippen molar-refractivity contribution in [2.75, 3.05) is 6.26 Å². The number of nitriles is 1. The van der Waals surface area contributed by atoms with Crippen LogP contribution in [0, 0.1) is 16.7 Å². The largest absolute Gasteiger partial charge is 0.289 e. The van der Waals surface area contributed by atoms with Crippen molar-refractivity contribution in [3.8, 4) is 17.2 Å². The summed E-state index contributed by atoms with van der Waals surface area (Å²) >= 11 is 2.94. The first-order chi connectivity index (χ1) is 8.26. The molecule has 0 atom stereocenters. The summed E-state index contributed by atoms with van der Waals surface area (Å²) in [6, 6.07) is 13.9. The molecule has 2 rings (SSSR count). The summed E-state index contributed by atoms with van der Waals surface area (Å²) in [5.41, 5.74) is 2.29. The van der Waals surface area contributed by atoms with Gasteiger partial charge in [-0.05, 0) is 17.9 Å². The van der Waals surface area contributed by atoms with Gasteiger partial charge in [-0.15, -0.1) is 23.1 Å². The van der Waals surface area contributed by atoms with E-state index in [4.69, 9.17) is 10.7 Å². The van der Waals surface area contributed by atoms with Crippen LogP contribution < -0.4 is 4.67 Å². The molecule has 2 nitrogen and oxygen atoms in total. The summed E-state index contributed by atoms with van der Waals surface area (Å²) in [7, 11) is 0. The molecule has 0 aliphatic rings.